The summed E-state index contributed by atoms with van der Waals surface area (Å²) in [5.41, 5.74) is 0.471. The van der Waals surface area contributed by atoms with Crippen LogP contribution in [0, 0.1) is 5.82 Å². The number of alkyl halides is 2. The van der Waals surface area contributed by atoms with Gasteiger partial charge in [-0.3, -0.25) is 4.99 Å². The van der Waals surface area contributed by atoms with Crippen molar-refractivity contribution in [2.45, 2.75) is 25.7 Å². The monoisotopic (exact) mass is 415 g/mol. The fraction of sp³-hybridized carbons (Fsp3) is 0.500. The summed E-state index contributed by atoms with van der Waals surface area (Å²) < 4.78 is 37.5. The molecule has 0 aromatic heterocycles. The number of aliphatic imine (C=N–C) groups is 1. The van der Waals surface area contributed by atoms with Crippen LogP contribution >= 0.6 is 24.0 Å². The summed E-state index contributed by atoms with van der Waals surface area (Å²) in [7, 11) is 1.51. The third kappa shape index (κ3) is 7.01. The molecule has 1 aromatic carbocycles. The zero-order valence-corrected chi connectivity index (χ0v) is 14.6. The first-order valence-corrected chi connectivity index (χ1v) is 6.34. The van der Waals surface area contributed by atoms with Crippen molar-refractivity contribution in [2.75, 3.05) is 20.1 Å². The second-order valence-corrected chi connectivity index (χ2v) is 5.09. The predicted molar refractivity (Wildman–Crippen MR) is 90.2 cm³/mol. The lowest BCUT2D eigenvalue weighted by atomic mass is 9.84. The Labute approximate surface area is 140 Å². The van der Waals surface area contributed by atoms with E-state index < -0.39 is 13.0 Å². The predicted octanol–water partition coefficient (Wildman–Crippen LogP) is 3.15. The van der Waals surface area contributed by atoms with Crippen LogP contribution in [-0.4, -0.2) is 32.5 Å². The molecule has 0 atom stereocenters. The number of benzene rings is 1. The van der Waals surface area contributed by atoms with Crippen LogP contribution in [0.1, 0.15) is 19.4 Å². The van der Waals surface area contributed by atoms with Gasteiger partial charge in [0.15, 0.2) is 5.96 Å². The first kappa shape index (κ1) is 20.0. The van der Waals surface area contributed by atoms with E-state index in [1.54, 1.807) is 6.07 Å². The molecule has 1 aromatic rings. The number of rotatable bonds is 5. The average Bonchev–Trinajstić information content (AvgIpc) is 2.38. The third-order valence-corrected chi connectivity index (χ3v) is 2.95. The van der Waals surface area contributed by atoms with Crippen molar-refractivity contribution in [1.29, 1.82) is 0 Å². The minimum Gasteiger partial charge on any atom is -0.356 e. The van der Waals surface area contributed by atoms with Crippen LogP contribution in [0.2, 0.25) is 0 Å². The maximum atomic E-state index is 13.2. The van der Waals surface area contributed by atoms with Gasteiger partial charge in [0.2, 0.25) is 0 Å². The van der Waals surface area contributed by atoms with Gasteiger partial charge in [-0.2, -0.15) is 0 Å². The van der Waals surface area contributed by atoms with E-state index in [0.717, 1.165) is 5.56 Å². The molecule has 21 heavy (non-hydrogen) atoms. The largest absolute Gasteiger partial charge is 0.356 e. The molecule has 7 heteroatoms. The lowest BCUT2D eigenvalue weighted by Crippen LogP contribution is -2.44. The summed E-state index contributed by atoms with van der Waals surface area (Å²) in [6.07, 6.45) is -2.44. The molecule has 0 bridgehead atoms. The average molecular weight is 415 g/mol. The molecule has 1 rings (SSSR count). The highest BCUT2D eigenvalue weighted by atomic mass is 127. The molecule has 0 amide bonds. The van der Waals surface area contributed by atoms with Crippen molar-refractivity contribution in [3.05, 3.63) is 35.6 Å². The zero-order valence-electron chi connectivity index (χ0n) is 12.3. The van der Waals surface area contributed by atoms with Gasteiger partial charge in [-0.05, 0) is 17.7 Å². The molecule has 0 spiro atoms. The second kappa shape index (κ2) is 9.11. The van der Waals surface area contributed by atoms with Crippen LogP contribution in [0.3, 0.4) is 0 Å². The van der Waals surface area contributed by atoms with E-state index in [1.807, 2.05) is 19.9 Å². The van der Waals surface area contributed by atoms with Gasteiger partial charge in [-0.25, -0.2) is 13.2 Å². The number of hydrogen-bond donors (Lipinski definition) is 2. The summed E-state index contributed by atoms with van der Waals surface area (Å²) in [6, 6.07) is 6.34. The molecule has 0 aliphatic carbocycles. The van der Waals surface area contributed by atoms with Gasteiger partial charge in [0.25, 0.3) is 6.43 Å². The standard InChI is InChI=1S/C14H20F3N3.HI/c1-14(2,10-5-4-6-11(15)7-10)9-20-13(18-3)19-8-12(16)17;/h4-7,12H,8-9H2,1-3H3,(H2,18,19,20);1H. The summed E-state index contributed by atoms with van der Waals surface area (Å²) in [6.45, 7) is 3.86. The first-order chi connectivity index (χ1) is 9.35. The first-order valence-electron chi connectivity index (χ1n) is 6.34. The van der Waals surface area contributed by atoms with Crippen molar-refractivity contribution < 1.29 is 13.2 Å². The van der Waals surface area contributed by atoms with E-state index in [2.05, 4.69) is 15.6 Å². The molecule has 0 heterocycles. The topological polar surface area (TPSA) is 36.4 Å². The molecule has 0 unspecified atom stereocenters. The Morgan fingerprint density at radius 1 is 1.29 bits per heavy atom. The van der Waals surface area contributed by atoms with Crippen molar-refractivity contribution in [1.82, 2.24) is 10.6 Å². The van der Waals surface area contributed by atoms with Crippen molar-refractivity contribution in [2.24, 2.45) is 4.99 Å². The molecule has 0 radical (unpaired) electrons. The van der Waals surface area contributed by atoms with Crippen LogP contribution in [0.25, 0.3) is 0 Å². The molecule has 0 fully saturated rings. The van der Waals surface area contributed by atoms with Crippen LogP contribution in [0.5, 0.6) is 0 Å². The second-order valence-electron chi connectivity index (χ2n) is 5.09. The van der Waals surface area contributed by atoms with Crippen LogP contribution in [0.15, 0.2) is 29.3 Å². The van der Waals surface area contributed by atoms with Crippen LogP contribution in [-0.2, 0) is 5.41 Å². The molecular weight excluding hydrogens is 394 g/mol. The molecule has 0 saturated heterocycles. The zero-order chi connectivity index (χ0) is 15.2. The number of nitrogens with zero attached hydrogens (tertiary/aromatic N) is 1. The third-order valence-electron chi connectivity index (χ3n) is 2.95. The highest BCUT2D eigenvalue weighted by Gasteiger charge is 2.21. The van der Waals surface area contributed by atoms with Gasteiger partial charge in [-0.15, -0.1) is 24.0 Å². The number of hydrogen-bond acceptors (Lipinski definition) is 1. The van der Waals surface area contributed by atoms with Crippen LogP contribution in [0.4, 0.5) is 13.2 Å². The molecule has 2 N–H and O–H groups in total. The van der Waals surface area contributed by atoms with Gasteiger partial charge >= 0.3 is 0 Å². The minimum atomic E-state index is -2.44. The number of guanidine groups is 1. The Bertz CT molecular complexity index is 465. The number of halogens is 4. The summed E-state index contributed by atoms with van der Waals surface area (Å²) in [4.78, 5) is 3.86. The SMILES string of the molecule is CN=C(NCC(F)F)NCC(C)(C)c1cccc(F)c1.I. The minimum absolute atomic E-state index is 0. The van der Waals surface area contributed by atoms with Crippen LogP contribution < -0.4 is 10.6 Å². The lowest BCUT2D eigenvalue weighted by Gasteiger charge is -2.26. The lowest BCUT2D eigenvalue weighted by molar-refractivity contribution is 0.152. The van der Waals surface area contributed by atoms with Gasteiger partial charge in [0.1, 0.15) is 5.82 Å². The van der Waals surface area contributed by atoms with Gasteiger partial charge in [-0.1, -0.05) is 26.0 Å². The smallest absolute Gasteiger partial charge is 0.255 e. The number of nitrogens with one attached hydrogen (secondary N) is 2. The van der Waals surface area contributed by atoms with E-state index >= 15 is 0 Å². The summed E-state index contributed by atoms with van der Waals surface area (Å²) >= 11 is 0. The fourth-order valence-corrected chi connectivity index (χ4v) is 1.71. The van der Waals surface area contributed by atoms with E-state index in [9.17, 15) is 13.2 Å². The fourth-order valence-electron chi connectivity index (χ4n) is 1.71. The van der Waals surface area contributed by atoms with Crippen molar-refractivity contribution in [3.8, 4) is 0 Å². The molecule has 0 aliphatic heterocycles. The van der Waals surface area contributed by atoms with Gasteiger partial charge in [0.05, 0.1) is 6.54 Å². The van der Waals surface area contributed by atoms with E-state index in [1.165, 1.54) is 19.2 Å². The maximum Gasteiger partial charge on any atom is 0.255 e. The van der Waals surface area contributed by atoms with Crippen molar-refractivity contribution in [3.63, 3.8) is 0 Å². The Morgan fingerprint density at radius 3 is 2.48 bits per heavy atom. The Hall–Kier alpha value is -0.990. The summed E-state index contributed by atoms with van der Waals surface area (Å²) in [5.74, 6) is 0.00515. The molecule has 3 nitrogen and oxygen atoms in total. The van der Waals surface area contributed by atoms with Gasteiger partial charge in [0, 0.05) is 19.0 Å². The van der Waals surface area contributed by atoms with E-state index in [4.69, 9.17) is 0 Å². The molecular formula is C14H21F3IN3. The summed E-state index contributed by atoms with van der Waals surface area (Å²) in [5, 5.41) is 5.49. The highest BCUT2D eigenvalue weighted by molar-refractivity contribution is 14.0. The molecule has 0 aliphatic rings. The quantitative estimate of drug-likeness (QED) is 0.441. The van der Waals surface area contributed by atoms with E-state index in [-0.39, 0.29) is 35.2 Å². The maximum absolute atomic E-state index is 13.2. The normalized spacial score (nSPS) is 12.0. The van der Waals surface area contributed by atoms with E-state index in [0.29, 0.717) is 12.5 Å². The Kier molecular flexibility index (Phi) is 8.68. The van der Waals surface area contributed by atoms with Crippen molar-refractivity contribution >= 4 is 29.9 Å². The molecule has 120 valence electrons. The Morgan fingerprint density at radius 2 is 1.95 bits per heavy atom. The Balaban J connectivity index is 0.00000400. The highest BCUT2D eigenvalue weighted by Crippen LogP contribution is 2.22. The van der Waals surface area contributed by atoms with Gasteiger partial charge < -0.3 is 10.6 Å². The molecule has 0 saturated carbocycles.